The van der Waals surface area contributed by atoms with E-state index in [4.69, 9.17) is 40.5 Å². The maximum Gasteiger partial charge on any atom is 0.410 e. The Bertz CT molecular complexity index is 2610. The Hall–Kier alpha value is -4.36. The quantitative estimate of drug-likeness (QED) is 0.0625. The van der Waals surface area contributed by atoms with Crippen LogP contribution >= 0.6 is 11.6 Å². The molecule has 0 N–H and O–H groups in total. The number of alkyl halides is 1. The van der Waals surface area contributed by atoms with E-state index in [1.807, 2.05) is 25.7 Å². The normalized spacial score (nSPS) is 23.1. The summed E-state index contributed by atoms with van der Waals surface area (Å²) in [5.74, 6) is 2.14. The molecule has 16 heteroatoms. The number of ether oxygens (including phenoxy) is 4. The number of benzene rings is 2. The van der Waals surface area contributed by atoms with Gasteiger partial charge in [0.1, 0.15) is 60.2 Å². The fourth-order valence-corrected chi connectivity index (χ4v) is 16.6. The molecule has 0 aliphatic carbocycles. The molecule has 8 rings (SSSR count). The Morgan fingerprint density at radius 1 is 1.00 bits per heavy atom. The number of halogens is 4. The minimum atomic E-state index is -2.51. The SMILES string of the molecule is [2H]C([2H])(Oc1nc(N2C[C@H]3CC[C@@H](C2)N3C(=O)OC(C)(C)C)c2c(Cl)nc(-c3cc(OCOC)cc4ccc(F)c(C#C[Si](C(C)C)(C(C)C)C(C)C)c34)c(F)c2n1)[C@@]12CCCN1C[C@H](F)C2. The molecular weight excluding hydrogens is 873 g/mol. The van der Waals surface area contributed by atoms with Crippen LogP contribution in [0.25, 0.3) is 32.9 Å². The Kier molecular flexibility index (Phi) is 12.3. The van der Waals surface area contributed by atoms with Gasteiger partial charge in [-0.15, -0.1) is 5.54 Å². The van der Waals surface area contributed by atoms with Crippen molar-refractivity contribution < 1.29 is 39.7 Å². The van der Waals surface area contributed by atoms with E-state index in [0.717, 1.165) is 0 Å². The largest absolute Gasteiger partial charge is 0.468 e. The topological polar surface area (TPSA) is 102 Å². The number of pyridine rings is 1. The molecule has 4 aliphatic heterocycles. The van der Waals surface area contributed by atoms with E-state index in [1.165, 1.54) is 13.2 Å². The standard InChI is InChI=1S/C49H62ClF3N6O5Si/c1-28(2)65(29(3)4,30(5)6)19-16-36-38(52)15-12-31-20-35(63-27-61-10)21-37(39(31)36)42-41(53)43-40(44(50)54-42)45(56-46(55-43)62-26-49-17-11-18-58(49)23-32(51)22-49)57-24-33-13-14-34(25-57)59(33)47(60)64-48(7,8)9/h12,15,20-21,28-30,32-34H,11,13-14,17-18,22-27H2,1-10H3/t32-,33-,34+,49+/m1/s1/i26D2. The lowest BCUT2D eigenvalue weighted by Crippen LogP contribution is -2.57. The van der Waals surface area contributed by atoms with Crippen LogP contribution in [0.4, 0.5) is 23.8 Å². The van der Waals surface area contributed by atoms with Gasteiger partial charge in [-0.2, -0.15) is 9.97 Å². The third-order valence-corrected chi connectivity index (χ3v) is 20.5. The molecule has 2 bridgehead atoms. The van der Waals surface area contributed by atoms with Crippen LogP contribution in [0.2, 0.25) is 21.8 Å². The molecule has 4 atom stereocenters. The average Bonchev–Trinajstić information content (AvgIpc) is 3.88. The average molecular weight is 938 g/mol. The molecule has 6 heterocycles. The number of carbonyl (C=O) groups excluding carboxylic acids is 1. The van der Waals surface area contributed by atoms with Gasteiger partial charge in [0.25, 0.3) is 0 Å². The predicted molar refractivity (Wildman–Crippen MR) is 251 cm³/mol. The minimum Gasteiger partial charge on any atom is -0.468 e. The fourth-order valence-electron chi connectivity index (χ4n) is 11.2. The molecule has 0 spiro atoms. The van der Waals surface area contributed by atoms with Crippen LogP contribution in [-0.2, 0) is 9.47 Å². The molecule has 2 aromatic heterocycles. The maximum absolute atomic E-state index is 18.1. The van der Waals surface area contributed by atoms with Crippen molar-refractivity contribution in [2.75, 3.05) is 51.5 Å². The van der Waals surface area contributed by atoms with Crippen molar-refractivity contribution in [1.82, 2.24) is 24.8 Å². The molecule has 2 aromatic carbocycles. The zero-order chi connectivity index (χ0) is 48.5. The minimum absolute atomic E-state index is 0.0372. The molecule has 0 saturated carbocycles. The number of hydrogen-bond acceptors (Lipinski definition) is 10. The first-order chi connectivity index (χ1) is 31.5. The summed E-state index contributed by atoms with van der Waals surface area (Å²) in [6.45, 7) is 16.9. The third-order valence-electron chi connectivity index (χ3n) is 13.9. The van der Waals surface area contributed by atoms with Gasteiger partial charge in [0.05, 0.1) is 31.3 Å². The first-order valence-corrected chi connectivity index (χ1v) is 25.5. The number of amides is 1. The van der Waals surface area contributed by atoms with Crippen LogP contribution < -0.4 is 14.4 Å². The summed E-state index contributed by atoms with van der Waals surface area (Å²) in [4.78, 5) is 33.0. The van der Waals surface area contributed by atoms with Crippen LogP contribution in [0.5, 0.6) is 11.8 Å². The number of hydrogen-bond donors (Lipinski definition) is 0. The van der Waals surface area contributed by atoms with Crippen molar-refractivity contribution in [3.05, 3.63) is 46.6 Å². The van der Waals surface area contributed by atoms with Gasteiger partial charge in [-0.25, -0.2) is 22.9 Å². The summed E-state index contributed by atoms with van der Waals surface area (Å²) in [6.07, 6.45) is 0.561. The summed E-state index contributed by atoms with van der Waals surface area (Å²) in [5, 5.41) is 0.646. The van der Waals surface area contributed by atoms with Crippen LogP contribution in [0.15, 0.2) is 24.3 Å². The lowest BCUT2D eigenvalue weighted by molar-refractivity contribution is 0.0122. The lowest BCUT2D eigenvalue weighted by atomic mass is 9.95. The van der Waals surface area contributed by atoms with Gasteiger partial charge >= 0.3 is 12.1 Å². The highest BCUT2D eigenvalue weighted by Gasteiger charge is 2.50. The van der Waals surface area contributed by atoms with E-state index in [-0.39, 0.29) is 111 Å². The molecule has 0 unspecified atom stereocenters. The van der Waals surface area contributed by atoms with Crippen molar-refractivity contribution in [3.63, 3.8) is 0 Å². The van der Waals surface area contributed by atoms with Gasteiger partial charge in [-0.1, -0.05) is 65.1 Å². The number of rotatable bonds is 11. The zero-order valence-corrected chi connectivity index (χ0v) is 40.8. The molecule has 11 nitrogen and oxygen atoms in total. The van der Waals surface area contributed by atoms with Gasteiger partial charge in [0.2, 0.25) is 0 Å². The number of carbonyl (C=O) groups is 1. The number of fused-ring (bicyclic) bond motifs is 5. The monoisotopic (exact) mass is 936 g/mol. The van der Waals surface area contributed by atoms with Gasteiger partial charge in [0.15, 0.2) is 12.6 Å². The van der Waals surface area contributed by atoms with Gasteiger partial charge in [-0.3, -0.25) is 9.80 Å². The summed E-state index contributed by atoms with van der Waals surface area (Å²) in [5.41, 5.74) is 1.96. The van der Waals surface area contributed by atoms with Crippen molar-refractivity contribution in [1.29, 1.82) is 0 Å². The number of aromatic nitrogens is 3. The second-order valence-corrected chi connectivity index (χ2v) is 26.0. The molecule has 0 radical (unpaired) electrons. The molecule has 65 heavy (non-hydrogen) atoms. The van der Waals surface area contributed by atoms with Crippen LogP contribution in [-0.4, -0.2) is 115 Å². The fraction of sp³-hybridized carbons (Fsp3) is 0.592. The van der Waals surface area contributed by atoms with Gasteiger partial charge in [-0.05, 0) is 93.2 Å². The van der Waals surface area contributed by atoms with E-state index in [2.05, 4.69) is 58.0 Å². The molecule has 4 saturated heterocycles. The van der Waals surface area contributed by atoms with Crippen molar-refractivity contribution >= 4 is 53.3 Å². The first kappa shape index (κ1) is 44.5. The highest BCUT2D eigenvalue weighted by atomic mass is 35.5. The van der Waals surface area contributed by atoms with Gasteiger partial charge in [0, 0.05) is 44.1 Å². The molecular formula is C49H62ClF3N6O5Si. The number of piperazine rings is 1. The van der Waals surface area contributed by atoms with Crippen LogP contribution in [0.3, 0.4) is 0 Å². The predicted octanol–water partition coefficient (Wildman–Crippen LogP) is 10.9. The Morgan fingerprint density at radius 3 is 2.34 bits per heavy atom. The van der Waals surface area contributed by atoms with E-state index < -0.39 is 55.7 Å². The van der Waals surface area contributed by atoms with Crippen molar-refractivity contribution in [2.45, 2.75) is 140 Å². The number of anilines is 1. The van der Waals surface area contributed by atoms with E-state index in [0.29, 0.717) is 37.6 Å². The van der Waals surface area contributed by atoms with E-state index in [1.54, 1.807) is 28.0 Å². The molecule has 1 amide bonds. The third kappa shape index (κ3) is 8.73. The Labute approximate surface area is 389 Å². The Balaban J connectivity index is 1.34. The molecule has 4 aliphatic rings. The van der Waals surface area contributed by atoms with Crippen molar-refractivity contribution in [2.24, 2.45) is 0 Å². The summed E-state index contributed by atoms with van der Waals surface area (Å²) in [7, 11) is -0.928. The van der Waals surface area contributed by atoms with Crippen molar-refractivity contribution in [3.8, 4) is 34.5 Å². The smallest absolute Gasteiger partial charge is 0.410 e. The highest BCUT2D eigenvalue weighted by molar-refractivity contribution is 6.90. The van der Waals surface area contributed by atoms with Crippen LogP contribution in [0.1, 0.15) is 103 Å². The number of nitrogens with zero attached hydrogens (tertiary/aromatic N) is 6. The lowest BCUT2D eigenvalue weighted by Gasteiger charge is -2.42. The molecule has 4 fully saturated rings. The number of methoxy groups -OCH3 is 1. The highest BCUT2D eigenvalue weighted by Crippen LogP contribution is 2.45. The summed E-state index contributed by atoms with van der Waals surface area (Å²) < 4.78 is 91.4. The first-order valence-electron chi connectivity index (χ1n) is 23.8. The summed E-state index contributed by atoms with van der Waals surface area (Å²) >= 11 is 7.22. The maximum atomic E-state index is 18.1. The van der Waals surface area contributed by atoms with Gasteiger partial charge < -0.3 is 23.8 Å². The zero-order valence-electron chi connectivity index (χ0n) is 41.1. The molecule has 350 valence electrons. The van der Waals surface area contributed by atoms with Crippen LogP contribution in [0, 0.1) is 23.1 Å². The summed E-state index contributed by atoms with van der Waals surface area (Å²) in [6, 6.07) is 5.09. The van der Waals surface area contributed by atoms with E-state index in [9.17, 15) is 7.54 Å². The Morgan fingerprint density at radius 2 is 1.69 bits per heavy atom. The second-order valence-electron chi connectivity index (χ2n) is 20.1. The molecule has 4 aromatic rings. The second kappa shape index (κ2) is 18.0. The van der Waals surface area contributed by atoms with E-state index >= 15 is 13.2 Å².